The van der Waals surface area contributed by atoms with Gasteiger partial charge in [0.15, 0.2) is 0 Å². The first-order valence-corrected chi connectivity index (χ1v) is 18.7. The van der Waals surface area contributed by atoms with Gasteiger partial charge in [-0.25, -0.2) is 0 Å². The van der Waals surface area contributed by atoms with Crippen molar-refractivity contribution in [3.8, 4) is 55.6 Å². The topological polar surface area (TPSA) is 0 Å². The Morgan fingerprint density at radius 1 is 0.264 bits per heavy atom. The van der Waals surface area contributed by atoms with Gasteiger partial charge >= 0.3 is 0 Å². The third kappa shape index (κ3) is 5.72. The van der Waals surface area contributed by atoms with Crippen LogP contribution in [0.25, 0.3) is 55.6 Å². The van der Waals surface area contributed by atoms with Gasteiger partial charge in [0, 0.05) is 0 Å². The lowest BCUT2D eigenvalue weighted by Crippen LogP contribution is -2.29. The molecule has 53 heavy (non-hydrogen) atoms. The van der Waals surface area contributed by atoms with Crippen LogP contribution in [-0.4, -0.2) is 0 Å². The van der Waals surface area contributed by atoms with Gasteiger partial charge in [-0.05, 0) is 142 Å². The molecule has 0 aliphatic heterocycles. The zero-order chi connectivity index (χ0) is 36.1. The van der Waals surface area contributed by atoms with Gasteiger partial charge in [0.05, 0.1) is 5.41 Å². The highest BCUT2D eigenvalue weighted by Gasteiger charge is 2.46. The molecule has 0 heterocycles. The van der Waals surface area contributed by atoms with Crippen molar-refractivity contribution in [2.24, 2.45) is 0 Å². The Kier molecular flexibility index (Phi) is 8.05. The Balaban J connectivity index is 1.42. The van der Waals surface area contributed by atoms with Gasteiger partial charge < -0.3 is 0 Å². The van der Waals surface area contributed by atoms with Crippen LogP contribution in [0.15, 0.2) is 182 Å². The summed E-state index contributed by atoms with van der Waals surface area (Å²) in [6.45, 7) is 8.63. The second-order valence-electron chi connectivity index (χ2n) is 14.9. The molecule has 254 valence electrons. The molecule has 0 radical (unpaired) electrons. The highest BCUT2D eigenvalue weighted by Crippen LogP contribution is 2.57. The van der Waals surface area contributed by atoms with Gasteiger partial charge in [0.2, 0.25) is 0 Å². The largest absolute Gasteiger partial charge is 0.0714 e. The molecule has 0 saturated carbocycles. The van der Waals surface area contributed by atoms with Crippen molar-refractivity contribution in [2.45, 2.75) is 33.1 Å². The van der Waals surface area contributed by atoms with E-state index in [4.69, 9.17) is 0 Å². The van der Waals surface area contributed by atoms with Crippen LogP contribution in [0.4, 0.5) is 0 Å². The standard InChI is InChI=1S/C53H42/c1-35-13-21-39(22-14-35)43-29-44(40-23-15-36(2)16-24-40)32-47(31-43)53(51-11-7-5-9-49(51)50-10-6-8-12-52(50)53)48-33-45(41-25-17-37(3)18-26-41)30-46(34-48)42-27-19-38(4)20-28-42/h5-34H,1-4H3. The van der Waals surface area contributed by atoms with E-state index in [2.05, 4.69) is 210 Å². The maximum atomic E-state index is 2.46. The van der Waals surface area contributed by atoms with E-state index < -0.39 is 5.41 Å². The molecular weight excluding hydrogens is 637 g/mol. The fourth-order valence-corrected chi connectivity index (χ4v) is 8.36. The molecule has 0 fully saturated rings. The molecule has 0 unspecified atom stereocenters. The number of hydrogen-bond acceptors (Lipinski definition) is 0. The molecule has 9 rings (SSSR count). The van der Waals surface area contributed by atoms with Crippen LogP contribution in [0.2, 0.25) is 0 Å². The Labute approximate surface area is 314 Å². The first-order chi connectivity index (χ1) is 25.9. The van der Waals surface area contributed by atoms with E-state index in [1.165, 1.54) is 100 Å². The molecular formula is C53H42. The van der Waals surface area contributed by atoms with E-state index in [-0.39, 0.29) is 0 Å². The molecule has 0 atom stereocenters. The van der Waals surface area contributed by atoms with Gasteiger partial charge in [-0.15, -0.1) is 0 Å². The van der Waals surface area contributed by atoms with E-state index in [0.717, 1.165) is 0 Å². The SMILES string of the molecule is Cc1ccc(-c2cc(-c3ccc(C)cc3)cc(C3(c4cc(-c5ccc(C)cc5)cc(-c5ccc(C)cc5)c4)c4ccccc4-c4ccccc43)c2)cc1. The Hall–Kier alpha value is -6.24. The summed E-state index contributed by atoms with van der Waals surface area (Å²) in [7, 11) is 0. The fourth-order valence-electron chi connectivity index (χ4n) is 8.36. The van der Waals surface area contributed by atoms with Crippen molar-refractivity contribution in [1.29, 1.82) is 0 Å². The Morgan fingerprint density at radius 2 is 0.528 bits per heavy atom. The first kappa shape index (κ1) is 32.7. The number of benzene rings is 8. The van der Waals surface area contributed by atoms with Gasteiger partial charge in [0.1, 0.15) is 0 Å². The minimum atomic E-state index is -0.590. The summed E-state index contributed by atoms with van der Waals surface area (Å²) in [4.78, 5) is 0. The van der Waals surface area contributed by atoms with Crippen LogP contribution >= 0.6 is 0 Å². The lowest BCUT2D eigenvalue weighted by atomic mass is 9.66. The van der Waals surface area contributed by atoms with Crippen LogP contribution in [-0.2, 0) is 5.41 Å². The molecule has 1 aliphatic rings. The molecule has 8 aromatic rings. The zero-order valence-electron chi connectivity index (χ0n) is 30.8. The van der Waals surface area contributed by atoms with Crippen molar-refractivity contribution in [2.75, 3.05) is 0 Å². The third-order valence-electron chi connectivity index (χ3n) is 11.2. The summed E-state index contributed by atoms with van der Waals surface area (Å²) >= 11 is 0. The normalized spacial score (nSPS) is 12.7. The van der Waals surface area contributed by atoms with E-state index in [1.807, 2.05) is 0 Å². The number of rotatable bonds is 6. The second kappa shape index (κ2) is 13.1. The molecule has 0 spiro atoms. The van der Waals surface area contributed by atoms with E-state index in [0.29, 0.717) is 0 Å². The molecule has 0 heteroatoms. The maximum Gasteiger partial charge on any atom is 0.0714 e. The average Bonchev–Trinajstić information content (AvgIpc) is 3.50. The van der Waals surface area contributed by atoms with Gasteiger partial charge in [-0.3, -0.25) is 0 Å². The maximum absolute atomic E-state index is 2.46. The quantitative estimate of drug-likeness (QED) is 0.164. The van der Waals surface area contributed by atoms with Crippen molar-refractivity contribution in [3.63, 3.8) is 0 Å². The summed E-state index contributed by atoms with van der Waals surface area (Å²) < 4.78 is 0. The summed E-state index contributed by atoms with van der Waals surface area (Å²) in [5.41, 5.74) is 21.9. The second-order valence-corrected chi connectivity index (χ2v) is 14.9. The summed E-state index contributed by atoms with van der Waals surface area (Å²) in [6.07, 6.45) is 0. The van der Waals surface area contributed by atoms with Crippen LogP contribution in [0.3, 0.4) is 0 Å². The first-order valence-electron chi connectivity index (χ1n) is 18.7. The van der Waals surface area contributed by atoms with E-state index in [9.17, 15) is 0 Å². The van der Waals surface area contributed by atoms with Crippen LogP contribution in [0.1, 0.15) is 44.5 Å². The summed E-state index contributed by atoms with van der Waals surface area (Å²) in [5.74, 6) is 0. The summed E-state index contributed by atoms with van der Waals surface area (Å²) in [5, 5.41) is 0. The lowest BCUT2D eigenvalue weighted by molar-refractivity contribution is 0.770. The number of fused-ring (bicyclic) bond motifs is 3. The predicted molar refractivity (Wildman–Crippen MR) is 224 cm³/mol. The predicted octanol–water partition coefficient (Wildman–Crippen LogP) is 14.0. The number of aryl methyl sites for hydroxylation is 4. The monoisotopic (exact) mass is 678 g/mol. The van der Waals surface area contributed by atoms with Crippen LogP contribution in [0.5, 0.6) is 0 Å². The van der Waals surface area contributed by atoms with Crippen molar-refractivity contribution < 1.29 is 0 Å². The highest BCUT2D eigenvalue weighted by molar-refractivity contribution is 5.89. The molecule has 1 aliphatic carbocycles. The van der Waals surface area contributed by atoms with E-state index in [1.54, 1.807) is 0 Å². The Bertz CT molecular complexity index is 2290. The molecule has 0 N–H and O–H groups in total. The zero-order valence-corrected chi connectivity index (χ0v) is 30.8. The van der Waals surface area contributed by atoms with Crippen molar-refractivity contribution in [1.82, 2.24) is 0 Å². The highest BCUT2D eigenvalue weighted by atomic mass is 14.5. The Morgan fingerprint density at radius 3 is 0.811 bits per heavy atom. The van der Waals surface area contributed by atoms with Crippen molar-refractivity contribution >= 4 is 0 Å². The van der Waals surface area contributed by atoms with Gasteiger partial charge in [-0.1, -0.05) is 168 Å². The fraction of sp³-hybridized carbons (Fsp3) is 0.0943. The smallest absolute Gasteiger partial charge is 0.0619 e. The minimum Gasteiger partial charge on any atom is -0.0619 e. The number of hydrogen-bond donors (Lipinski definition) is 0. The molecule has 0 amide bonds. The molecule has 0 bridgehead atoms. The molecule has 0 saturated heterocycles. The molecule has 8 aromatic carbocycles. The molecule has 0 nitrogen and oxygen atoms in total. The van der Waals surface area contributed by atoms with E-state index >= 15 is 0 Å². The minimum absolute atomic E-state index is 0.590. The van der Waals surface area contributed by atoms with Crippen molar-refractivity contribution in [3.05, 3.63) is 226 Å². The molecule has 0 aromatic heterocycles. The van der Waals surface area contributed by atoms with Gasteiger partial charge in [-0.2, -0.15) is 0 Å². The lowest BCUT2D eigenvalue weighted by Gasteiger charge is -2.35. The van der Waals surface area contributed by atoms with Crippen LogP contribution in [0, 0.1) is 27.7 Å². The van der Waals surface area contributed by atoms with Crippen LogP contribution < -0.4 is 0 Å². The van der Waals surface area contributed by atoms with Gasteiger partial charge in [0.25, 0.3) is 0 Å². The average molecular weight is 679 g/mol. The third-order valence-corrected chi connectivity index (χ3v) is 11.2. The summed E-state index contributed by atoms with van der Waals surface area (Å²) in [6, 6.07) is 68.7.